The van der Waals surface area contributed by atoms with Crippen molar-refractivity contribution in [1.29, 1.82) is 0 Å². The van der Waals surface area contributed by atoms with Crippen LogP contribution in [0.1, 0.15) is 34.7 Å². The monoisotopic (exact) mass is 357 g/mol. The van der Waals surface area contributed by atoms with E-state index in [2.05, 4.69) is 15.5 Å². The van der Waals surface area contributed by atoms with Gasteiger partial charge >= 0.3 is 0 Å². The number of methoxy groups -OCH3 is 1. The van der Waals surface area contributed by atoms with Gasteiger partial charge in [-0.1, -0.05) is 36.4 Å². The lowest BCUT2D eigenvalue weighted by Crippen LogP contribution is -2.22. The minimum Gasteiger partial charge on any atom is -0.422 e. The standard InChI is InChI=1S/C18H19N3O3S/c1-23-17(13-6-3-2-4-7-13)18-21-20-16(24-18)10-9-15(22)19-12-14-8-5-11-25-14/h2-8,11,17H,9-10,12H2,1H3,(H,19,22)/t17-/m1/s1. The van der Waals surface area contributed by atoms with Crippen molar-refractivity contribution in [2.75, 3.05) is 7.11 Å². The highest BCUT2D eigenvalue weighted by Crippen LogP contribution is 2.24. The number of hydrogen-bond donors (Lipinski definition) is 1. The van der Waals surface area contributed by atoms with Gasteiger partial charge in [-0.25, -0.2) is 0 Å². The Labute approximate surface area is 149 Å². The molecule has 2 aromatic heterocycles. The lowest BCUT2D eigenvalue weighted by Gasteiger charge is -2.10. The van der Waals surface area contributed by atoms with Crippen molar-refractivity contribution < 1.29 is 13.9 Å². The molecule has 0 bridgehead atoms. The number of benzene rings is 1. The highest BCUT2D eigenvalue weighted by Gasteiger charge is 2.20. The van der Waals surface area contributed by atoms with Crippen LogP contribution in [0.3, 0.4) is 0 Å². The van der Waals surface area contributed by atoms with E-state index in [0.29, 0.717) is 31.2 Å². The third-order valence-corrected chi connectivity index (χ3v) is 4.53. The van der Waals surface area contributed by atoms with Gasteiger partial charge in [-0.15, -0.1) is 21.5 Å². The van der Waals surface area contributed by atoms with Crippen LogP contribution in [0.2, 0.25) is 0 Å². The van der Waals surface area contributed by atoms with E-state index in [1.807, 2.05) is 47.8 Å². The molecule has 25 heavy (non-hydrogen) atoms. The van der Waals surface area contributed by atoms with Crippen LogP contribution in [0.5, 0.6) is 0 Å². The van der Waals surface area contributed by atoms with Gasteiger partial charge in [-0.2, -0.15) is 0 Å². The number of ether oxygens (including phenoxy) is 1. The van der Waals surface area contributed by atoms with Crippen LogP contribution in [0.4, 0.5) is 0 Å². The molecule has 1 aromatic carbocycles. The molecule has 0 aliphatic carbocycles. The smallest absolute Gasteiger partial charge is 0.249 e. The number of nitrogens with one attached hydrogen (secondary N) is 1. The normalized spacial score (nSPS) is 12.0. The molecule has 0 spiro atoms. The van der Waals surface area contributed by atoms with E-state index >= 15 is 0 Å². The molecule has 0 aliphatic heterocycles. The molecule has 0 saturated carbocycles. The maximum Gasteiger partial charge on any atom is 0.249 e. The third kappa shape index (κ3) is 4.74. The second-order valence-electron chi connectivity index (χ2n) is 5.42. The summed E-state index contributed by atoms with van der Waals surface area (Å²) in [5.41, 5.74) is 0.939. The summed E-state index contributed by atoms with van der Waals surface area (Å²) in [7, 11) is 1.60. The molecule has 1 atom stereocenters. The first-order valence-corrected chi connectivity index (χ1v) is 8.83. The Morgan fingerprint density at radius 2 is 2.08 bits per heavy atom. The Morgan fingerprint density at radius 3 is 2.80 bits per heavy atom. The van der Waals surface area contributed by atoms with Crippen molar-refractivity contribution in [3.63, 3.8) is 0 Å². The lowest BCUT2D eigenvalue weighted by molar-refractivity contribution is -0.121. The van der Waals surface area contributed by atoms with Gasteiger partial charge in [0.25, 0.3) is 0 Å². The predicted octanol–water partition coefficient (Wildman–Crippen LogP) is 3.12. The van der Waals surface area contributed by atoms with Crippen LogP contribution in [0.25, 0.3) is 0 Å². The number of thiophene rings is 1. The van der Waals surface area contributed by atoms with Crippen molar-refractivity contribution in [2.45, 2.75) is 25.5 Å². The SMILES string of the molecule is CO[C@H](c1ccccc1)c1nnc(CCC(=O)NCc2cccs2)o1. The minimum absolute atomic E-state index is 0.0421. The van der Waals surface area contributed by atoms with Gasteiger partial charge in [0.05, 0.1) is 6.54 Å². The van der Waals surface area contributed by atoms with Gasteiger partial charge in [0, 0.05) is 24.8 Å². The van der Waals surface area contributed by atoms with Gasteiger partial charge in [-0.3, -0.25) is 4.79 Å². The zero-order valence-electron chi connectivity index (χ0n) is 13.8. The zero-order valence-corrected chi connectivity index (χ0v) is 14.7. The van der Waals surface area contributed by atoms with Crippen LogP contribution >= 0.6 is 11.3 Å². The summed E-state index contributed by atoms with van der Waals surface area (Å²) in [6, 6.07) is 13.6. The van der Waals surface area contributed by atoms with Crippen LogP contribution in [-0.2, 0) is 22.5 Å². The topological polar surface area (TPSA) is 77.2 Å². The van der Waals surface area contributed by atoms with Crippen molar-refractivity contribution in [3.05, 3.63) is 70.1 Å². The first kappa shape index (κ1) is 17.3. The Kier molecular flexibility index (Phi) is 5.92. The molecule has 3 aromatic rings. The molecule has 2 heterocycles. The molecule has 6 nitrogen and oxygen atoms in total. The summed E-state index contributed by atoms with van der Waals surface area (Å²) in [5.74, 6) is 0.779. The second-order valence-corrected chi connectivity index (χ2v) is 6.45. The van der Waals surface area contributed by atoms with Gasteiger partial charge < -0.3 is 14.5 Å². The molecule has 0 radical (unpaired) electrons. The summed E-state index contributed by atoms with van der Waals surface area (Å²) < 4.78 is 11.1. The van der Waals surface area contributed by atoms with E-state index in [9.17, 15) is 4.79 Å². The van der Waals surface area contributed by atoms with Crippen molar-refractivity contribution in [3.8, 4) is 0 Å². The fourth-order valence-electron chi connectivity index (χ4n) is 2.39. The van der Waals surface area contributed by atoms with Gasteiger partial charge in [0.2, 0.25) is 17.7 Å². The number of rotatable bonds is 8. The number of aromatic nitrogens is 2. The van der Waals surface area contributed by atoms with E-state index in [0.717, 1.165) is 10.4 Å². The fraction of sp³-hybridized carbons (Fsp3) is 0.278. The van der Waals surface area contributed by atoms with E-state index in [-0.39, 0.29) is 5.91 Å². The molecule has 0 unspecified atom stereocenters. The number of carbonyl (C=O) groups excluding carboxylic acids is 1. The van der Waals surface area contributed by atoms with Crippen molar-refractivity contribution in [2.24, 2.45) is 0 Å². The molecule has 7 heteroatoms. The van der Waals surface area contributed by atoms with E-state index in [1.165, 1.54) is 0 Å². The maximum atomic E-state index is 11.9. The highest BCUT2D eigenvalue weighted by atomic mass is 32.1. The van der Waals surface area contributed by atoms with Crippen molar-refractivity contribution in [1.82, 2.24) is 15.5 Å². The van der Waals surface area contributed by atoms with Crippen molar-refractivity contribution >= 4 is 17.2 Å². The lowest BCUT2D eigenvalue weighted by atomic mass is 10.1. The van der Waals surface area contributed by atoms with E-state index in [4.69, 9.17) is 9.15 Å². The molecule has 0 saturated heterocycles. The first-order valence-electron chi connectivity index (χ1n) is 7.95. The summed E-state index contributed by atoms with van der Waals surface area (Å²) in [6.45, 7) is 0.547. The van der Waals surface area contributed by atoms with Gasteiger partial charge in [0.15, 0.2) is 6.10 Å². The van der Waals surface area contributed by atoms with E-state index < -0.39 is 6.10 Å². The number of aryl methyl sites for hydroxylation is 1. The quantitative estimate of drug-likeness (QED) is 0.670. The Balaban J connectivity index is 1.53. The molecule has 0 aliphatic rings. The minimum atomic E-state index is -0.407. The molecule has 0 fully saturated rings. The van der Waals surface area contributed by atoms with Crippen LogP contribution in [0, 0.1) is 0 Å². The summed E-state index contributed by atoms with van der Waals surface area (Å²) >= 11 is 1.62. The zero-order chi connectivity index (χ0) is 17.5. The van der Waals surface area contributed by atoms with Gasteiger partial charge in [-0.05, 0) is 17.0 Å². The average molecular weight is 357 g/mol. The number of nitrogens with zero attached hydrogens (tertiary/aromatic N) is 2. The van der Waals surface area contributed by atoms with Crippen LogP contribution in [0.15, 0.2) is 52.3 Å². The Morgan fingerprint density at radius 1 is 1.24 bits per heavy atom. The van der Waals surface area contributed by atoms with Crippen LogP contribution in [-0.4, -0.2) is 23.2 Å². The first-order chi connectivity index (χ1) is 12.3. The maximum absolute atomic E-state index is 11.9. The molecule has 130 valence electrons. The molecular weight excluding hydrogens is 338 g/mol. The van der Waals surface area contributed by atoms with E-state index in [1.54, 1.807) is 18.4 Å². The molecule has 1 N–H and O–H groups in total. The Hall–Kier alpha value is -2.51. The Bertz CT molecular complexity index is 787. The molecule has 1 amide bonds. The number of hydrogen-bond acceptors (Lipinski definition) is 6. The summed E-state index contributed by atoms with van der Waals surface area (Å²) in [4.78, 5) is 13.0. The largest absolute Gasteiger partial charge is 0.422 e. The average Bonchev–Trinajstić information content (AvgIpc) is 3.32. The fourth-order valence-corrected chi connectivity index (χ4v) is 3.03. The molecular formula is C18H19N3O3S. The van der Waals surface area contributed by atoms with Gasteiger partial charge in [0.1, 0.15) is 0 Å². The highest BCUT2D eigenvalue weighted by molar-refractivity contribution is 7.09. The second kappa shape index (κ2) is 8.55. The molecule has 3 rings (SSSR count). The number of amides is 1. The summed E-state index contributed by atoms with van der Waals surface area (Å²) in [5, 5.41) is 12.9. The number of carbonyl (C=O) groups is 1. The third-order valence-electron chi connectivity index (χ3n) is 3.65. The van der Waals surface area contributed by atoms with Crippen LogP contribution < -0.4 is 5.32 Å². The predicted molar refractivity (Wildman–Crippen MR) is 94.1 cm³/mol. The summed E-state index contributed by atoms with van der Waals surface area (Å²) in [6.07, 6.45) is 0.292.